The Kier molecular flexibility index (Phi) is 4.75. The first-order valence-corrected chi connectivity index (χ1v) is 9.18. The van der Waals surface area contributed by atoms with Gasteiger partial charge in [0.05, 0.1) is 11.3 Å². The minimum absolute atomic E-state index is 0.776. The van der Waals surface area contributed by atoms with Crippen LogP contribution in [0.5, 0.6) is 0 Å². The fourth-order valence-electron chi connectivity index (χ4n) is 2.78. The Hall–Kier alpha value is -1.44. The smallest absolute Gasteiger partial charge is 0.134 e. The summed E-state index contributed by atoms with van der Waals surface area (Å²) >= 11 is 5.02. The monoisotopic (exact) mass is 372 g/mol. The highest BCUT2D eigenvalue weighted by Gasteiger charge is 2.19. The van der Waals surface area contributed by atoms with Gasteiger partial charge in [0.1, 0.15) is 11.1 Å². The molecule has 0 aliphatic heterocycles. The largest absolute Gasteiger partial charge is 0.235 e. The van der Waals surface area contributed by atoms with Gasteiger partial charge in [0.2, 0.25) is 0 Å². The molecule has 0 radical (unpaired) electrons. The second-order valence-electron chi connectivity index (χ2n) is 5.82. The third-order valence-corrected chi connectivity index (χ3v) is 5.59. The SMILES string of the molecule is CC1CCC(=C(C#N)c2nc(-c3ccc(Br)cc3)cs2)CC1. The zero-order valence-corrected chi connectivity index (χ0v) is 14.9. The molecule has 0 atom stereocenters. The fraction of sp³-hybridized carbons (Fsp3) is 0.333. The van der Waals surface area contributed by atoms with Crippen molar-refractivity contribution in [2.75, 3.05) is 0 Å². The minimum atomic E-state index is 0.776. The van der Waals surface area contributed by atoms with E-state index in [0.29, 0.717) is 0 Å². The van der Waals surface area contributed by atoms with Crippen LogP contribution >= 0.6 is 27.3 Å². The number of aromatic nitrogens is 1. The lowest BCUT2D eigenvalue weighted by molar-refractivity contribution is 0.445. The van der Waals surface area contributed by atoms with E-state index in [2.05, 4.69) is 28.9 Å². The Morgan fingerprint density at radius 3 is 2.59 bits per heavy atom. The van der Waals surface area contributed by atoms with Crippen LogP contribution in [0.4, 0.5) is 0 Å². The van der Waals surface area contributed by atoms with Crippen molar-refractivity contribution in [1.29, 1.82) is 5.26 Å². The molecule has 1 aromatic heterocycles. The van der Waals surface area contributed by atoms with Gasteiger partial charge in [-0.3, -0.25) is 0 Å². The molecule has 0 amide bonds. The van der Waals surface area contributed by atoms with Crippen molar-refractivity contribution in [2.24, 2.45) is 5.92 Å². The van der Waals surface area contributed by atoms with Crippen LogP contribution in [0.15, 0.2) is 39.7 Å². The van der Waals surface area contributed by atoms with Gasteiger partial charge in [-0.25, -0.2) is 4.98 Å². The Morgan fingerprint density at radius 2 is 1.95 bits per heavy atom. The second kappa shape index (κ2) is 6.76. The lowest BCUT2D eigenvalue weighted by Crippen LogP contribution is -2.05. The standard InChI is InChI=1S/C18H17BrN2S/c1-12-2-4-13(5-3-12)16(10-20)18-21-17(11-22-18)14-6-8-15(19)9-7-14/h6-9,11-12H,2-5H2,1H3. The molecule has 1 aromatic carbocycles. The van der Waals surface area contributed by atoms with Crippen LogP contribution in [0.1, 0.15) is 37.6 Å². The molecular weight excluding hydrogens is 356 g/mol. The number of nitriles is 1. The molecule has 1 aliphatic carbocycles. The molecule has 1 fully saturated rings. The van der Waals surface area contributed by atoms with Crippen LogP contribution in [0.25, 0.3) is 16.8 Å². The van der Waals surface area contributed by atoms with Crippen molar-refractivity contribution in [3.63, 3.8) is 0 Å². The Labute approximate surface area is 143 Å². The van der Waals surface area contributed by atoms with Crippen LogP contribution < -0.4 is 0 Å². The van der Waals surface area contributed by atoms with E-state index in [1.807, 2.05) is 29.6 Å². The first-order valence-electron chi connectivity index (χ1n) is 7.51. The lowest BCUT2D eigenvalue weighted by atomic mass is 9.85. The number of rotatable bonds is 2. The average Bonchev–Trinajstić information content (AvgIpc) is 3.00. The van der Waals surface area contributed by atoms with Crippen molar-refractivity contribution in [3.05, 3.63) is 44.7 Å². The van der Waals surface area contributed by atoms with E-state index in [1.54, 1.807) is 11.3 Å². The zero-order chi connectivity index (χ0) is 15.5. The summed E-state index contributed by atoms with van der Waals surface area (Å²) in [4.78, 5) is 4.70. The summed E-state index contributed by atoms with van der Waals surface area (Å²) in [6.45, 7) is 2.29. The summed E-state index contributed by atoms with van der Waals surface area (Å²) < 4.78 is 1.06. The molecule has 1 heterocycles. The maximum absolute atomic E-state index is 9.57. The van der Waals surface area contributed by atoms with E-state index in [4.69, 9.17) is 4.98 Å². The van der Waals surface area contributed by atoms with Gasteiger partial charge >= 0.3 is 0 Å². The molecule has 2 nitrogen and oxygen atoms in total. The summed E-state index contributed by atoms with van der Waals surface area (Å²) in [6, 6.07) is 10.5. The topological polar surface area (TPSA) is 36.7 Å². The number of nitrogens with zero attached hydrogens (tertiary/aromatic N) is 2. The van der Waals surface area contributed by atoms with Crippen molar-refractivity contribution in [2.45, 2.75) is 32.6 Å². The molecule has 22 heavy (non-hydrogen) atoms. The number of benzene rings is 1. The number of hydrogen-bond acceptors (Lipinski definition) is 3. The molecule has 0 bridgehead atoms. The predicted molar refractivity (Wildman–Crippen MR) is 95.4 cm³/mol. The molecule has 2 aromatic rings. The van der Waals surface area contributed by atoms with Crippen LogP contribution in [0.3, 0.4) is 0 Å². The van der Waals surface area contributed by atoms with Crippen LogP contribution in [0, 0.1) is 17.2 Å². The van der Waals surface area contributed by atoms with Crippen LogP contribution in [0.2, 0.25) is 0 Å². The Morgan fingerprint density at radius 1 is 1.27 bits per heavy atom. The van der Waals surface area contributed by atoms with Gasteiger partial charge in [-0.15, -0.1) is 11.3 Å². The maximum atomic E-state index is 9.57. The van der Waals surface area contributed by atoms with Crippen molar-refractivity contribution in [3.8, 4) is 17.3 Å². The highest BCUT2D eigenvalue weighted by Crippen LogP contribution is 2.35. The van der Waals surface area contributed by atoms with Crippen molar-refractivity contribution in [1.82, 2.24) is 4.98 Å². The molecule has 3 rings (SSSR count). The summed E-state index contributed by atoms with van der Waals surface area (Å²) in [6.07, 6.45) is 4.45. The van der Waals surface area contributed by atoms with Gasteiger partial charge in [-0.2, -0.15) is 5.26 Å². The third-order valence-electron chi connectivity index (χ3n) is 4.20. The highest BCUT2D eigenvalue weighted by atomic mass is 79.9. The van der Waals surface area contributed by atoms with Crippen LogP contribution in [-0.2, 0) is 0 Å². The van der Waals surface area contributed by atoms with Gasteiger partial charge in [-0.1, -0.05) is 35.0 Å². The minimum Gasteiger partial charge on any atom is -0.235 e. The molecule has 0 saturated heterocycles. The molecule has 0 N–H and O–H groups in total. The predicted octanol–water partition coefficient (Wildman–Crippen LogP) is 6.06. The molecular formula is C18H17BrN2S. The van der Waals surface area contributed by atoms with E-state index < -0.39 is 0 Å². The average molecular weight is 373 g/mol. The summed E-state index contributed by atoms with van der Waals surface area (Å²) in [7, 11) is 0. The second-order valence-corrected chi connectivity index (χ2v) is 7.59. The van der Waals surface area contributed by atoms with Gasteiger partial charge < -0.3 is 0 Å². The fourth-order valence-corrected chi connectivity index (χ4v) is 3.92. The molecule has 4 heteroatoms. The molecule has 1 aliphatic rings. The molecule has 0 spiro atoms. The van der Waals surface area contributed by atoms with E-state index in [-0.39, 0.29) is 0 Å². The number of halogens is 1. The first kappa shape index (κ1) is 15.5. The summed E-state index contributed by atoms with van der Waals surface area (Å²) in [5, 5.41) is 12.5. The normalized spacial score (nSPS) is 18.0. The maximum Gasteiger partial charge on any atom is 0.134 e. The van der Waals surface area contributed by atoms with Gasteiger partial charge in [0.15, 0.2) is 0 Å². The number of hydrogen-bond donors (Lipinski definition) is 0. The number of allylic oxidation sites excluding steroid dienone is 2. The zero-order valence-electron chi connectivity index (χ0n) is 12.5. The van der Waals surface area contributed by atoms with E-state index in [9.17, 15) is 5.26 Å². The van der Waals surface area contributed by atoms with E-state index in [0.717, 1.165) is 45.1 Å². The molecule has 0 unspecified atom stereocenters. The lowest BCUT2D eigenvalue weighted by Gasteiger charge is -2.20. The van der Waals surface area contributed by atoms with Gasteiger partial charge in [-0.05, 0) is 49.3 Å². The highest BCUT2D eigenvalue weighted by molar-refractivity contribution is 9.10. The summed E-state index contributed by atoms with van der Waals surface area (Å²) in [5.74, 6) is 0.776. The quantitative estimate of drug-likeness (QED) is 0.600. The Balaban J connectivity index is 1.90. The third kappa shape index (κ3) is 3.31. The van der Waals surface area contributed by atoms with E-state index >= 15 is 0 Å². The Bertz CT molecular complexity index is 727. The van der Waals surface area contributed by atoms with Crippen LogP contribution in [-0.4, -0.2) is 4.98 Å². The molecule has 112 valence electrons. The van der Waals surface area contributed by atoms with Crippen molar-refractivity contribution >= 4 is 32.8 Å². The first-order chi connectivity index (χ1) is 10.7. The summed E-state index contributed by atoms with van der Waals surface area (Å²) in [5.41, 5.74) is 4.13. The van der Waals surface area contributed by atoms with Gasteiger partial charge in [0, 0.05) is 15.4 Å². The van der Waals surface area contributed by atoms with E-state index in [1.165, 1.54) is 18.4 Å². The van der Waals surface area contributed by atoms with Gasteiger partial charge in [0.25, 0.3) is 0 Å². The van der Waals surface area contributed by atoms with Crippen molar-refractivity contribution < 1.29 is 0 Å². The molecule has 1 saturated carbocycles. The number of thiazole rings is 1.